The van der Waals surface area contributed by atoms with Gasteiger partial charge < -0.3 is 17.2 Å². The summed E-state index contributed by atoms with van der Waals surface area (Å²) in [6.07, 6.45) is -0.473. The second-order valence-corrected chi connectivity index (χ2v) is 4.11. The summed E-state index contributed by atoms with van der Waals surface area (Å²) in [4.78, 5) is 47.9. The van der Waals surface area contributed by atoms with Crippen molar-refractivity contribution < 1.29 is 19.2 Å². The fourth-order valence-electron chi connectivity index (χ4n) is 1.65. The molecule has 0 radical (unpaired) electrons. The number of piperazine rings is 1. The van der Waals surface area contributed by atoms with Crippen LogP contribution < -0.4 is 17.2 Å². The van der Waals surface area contributed by atoms with Crippen molar-refractivity contribution in [3.63, 3.8) is 0 Å². The zero-order valence-corrected chi connectivity index (χ0v) is 10.4. The molecular formula is C10H17N5O4. The summed E-state index contributed by atoms with van der Waals surface area (Å²) in [5, 5.41) is 0. The Kier molecular flexibility index (Phi) is 5.10. The van der Waals surface area contributed by atoms with Crippen LogP contribution in [0.15, 0.2) is 0 Å². The molecule has 0 spiro atoms. The summed E-state index contributed by atoms with van der Waals surface area (Å²) >= 11 is 0. The summed E-state index contributed by atoms with van der Waals surface area (Å²) in [7, 11) is 0. The highest BCUT2D eigenvalue weighted by atomic mass is 16.2. The van der Waals surface area contributed by atoms with E-state index in [1.54, 1.807) is 0 Å². The van der Waals surface area contributed by atoms with Gasteiger partial charge in [0.2, 0.25) is 11.8 Å². The number of imide groups is 2. The van der Waals surface area contributed by atoms with Crippen molar-refractivity contribution in [3.8, 4) is 0 Å². The largest absolute Gasteiger partial charge is 0.322 e. The highest BCUT2D eigenvalue weighted by molar-refractivity contribution is 6.40. The van der Waals surface area contributed by atoms with Crippen LogP contribution in [0.25, 0.3) is 0 Å². The highest BCUT2D eigenvalue weighted by Crippen LogP contribution is 2.08. The standard InChI is InChI=1S/C10H17N5O4/c11-5-8(17)15-4-3-14(9(18)10(15)19)7(16)2-1-6(12)13/h6H,1-5,11-13H2. The molecule has 19 heavy (non-hydrogen) atoms. The maximum absolute atomic E-state index is 11.7. The molecule has 4 amide bonds. The van der Waals surface area contributed by atoms with E-state index in [2.05, 4.69) is 0 Å². The van der Waals surface area contributed by atoms with Gasteiger partial charge in [0.05, 0.1) is 12.7 Å². The van der Waals surface area contributed by atoms with E-state index < -0.39 is 29.8 Å². The third-order valence-electron chi connectivity index (χ3n) is 2.69. The van der Waals surface area contributed by atoms with Gasteiger partial charge in [-0.3, -0.25) is 29.0 Å². The van der Waals surface area contributed by atoms with Crippen LogP contribution in [-0.2, 0) is 19.2 Å². The van der Waals surface area contributed by atoms with E-state index in [4.69, 9.17) is 17.2 Å². The lowest BCUT2D eigenvalue weighted by Gasteiger charge is -2.31. The van der Waals surface area contributed by atoms with Gasteiger partial charge in [0.15, 0.2) is 0 Å². The van der Waals surface area contributed by atoms with Gasteiger partial charge in [0.25, 0.3) is 0 Å². The number of carbonyl (C=O) groups is 4. The van der Waals surface area contributed by atoms with E-state index in [9.17, 15) is 19.2 Å². The first-order chi connectivity index (χ1) is 8.88. The molecule has 1 rings (SSSR count). The molecule has 1 fully saturated rings. The highest BCUT2D eigenvalue weighted by Gasteiger charge is 2.38. The summed E-state index contributed by atoms with van der Waals surface area (Å²) in [6.45, 7) is -0.440. The monoisotopic (exact) mass is 271 g/mol. The molecule has 0 aliphatic carbocycles. The SMILES string of the molecule is NCC(=O)N1CCN(C(=O)CCC(N)N)C(=O)C1=O. The van der Waals surface area contributed by atoms with Crippen LogP contribution in [0, 0.1) is 0 Å². The van der Waals surface area contributed by atoms with Gasteiger partial charge in [-0.15, -0.1) is 0 Å². The van der Waals surface area contributed by atoms with E-state index in [0.717, 1.165) is 9.80 Å². The van der Waals surface area contributed by atoms with Gasteiger partial charge in [0, 0.05) is 19.5 Å². The van der Waals surface area contributed by atoms with Crippen molar-refractivity contribution >= 4 is 23.6 Å². The second kappa shape index (κ2) is 6.36. The first kappa shape index (κ1) is 15.2. The van der Waals surface area contributed by atoms with Gasteiger partial charge in [-0.1, -0.05) is 0 Å². The predicted octanol–water partition coefficient (Wildman–Crippen LogP) is -3.31. The third kappa shape index (κ3) is 3.56. The summed E-state index contributed by atoms with van der Waals surface area (Å²) in [6, 6.07) is 0. The molecule has 0 bridgehead atoms. The van der Waals surface area contributed by atoms with E-state index in [1.807, 2.05) is 0 Å². The quantitative estimate of drug-likeness (QED) is 0.357. The molecule has 1 saturated heterocycles. The Balaban J connectivity index is 2.67. The number of nitrogens with zero attached hydrogens (tertiary/aromatic N) is 2. The summed E-state index contributed by atoms with van der Waals surface area (Å²) in [5.74, 6) is -3.23. The van der Waals surface area contributed by atoms with E-state index in [0.29, 0.717) is 0 Å². The van der Waals surface area contributed by atoms with Crippen molar-refractivity contribution in [2.45, 2.75) is 19.0 Å². The number of nitrogens with two attached hydrogens (primary N) is 3. The third-order valence-corrected chi connectivity index (χ3v) is 2.69. The van der Waals surface area contributed by atoms with E-state index in [-0.39, 0.29) is 32.5 Å². The molecule has 106 valence electrons. The smallest absolute Gasteiger partial charge is 0.319 e. The number of hydrogen-bond acceptors (Lipinski definition) is 7. The minimum absolute atomic E-state index is 0.0263. The lowest BCUT2D eigenvalue weighted by molar-refractivity contribution is -0.164. The molecular weight excluding hydrogens is 254 g/mol. The molecule has 1 aliphatic rings. The molecule has 0 saturated carbocycles. The van der Waals surface area contributed by atoms with Gasteiger partial charge in [-0.25, -0.2) is 0 Å². The van der Waals surface area contributed by atoms with Crippen molar-refractivity contribution in [2.75, 3.05) is 19.6 Å². The van der Waals surface area contributed by atoms with E-state index in [1.165, 1.54) is 0 Å². The zero-order chi connectivity index (χ0) is 14.6. The number of amides is 4. The second-order valence-electron chi connectivity index (χ2n) is 4.11. The Morgan fingerprint density at radius 3 is 1.95 bits per heavy atom. The van der Waals surface area contributed by atoms with Gasteiger partial charge in [-0.05, 0) is 6.42 Å². The Hall–Kier alpha value is -1.84. The Morgan fingerprint density at radius 2 is 1.53 bits per heavy atom. The maximum atomic E-state index is 11.7. The fourth-order valence-corrected chi connectivity index (χ4v) is 1.65. The topological polar surface area (TPSA) is 153 Å². The average molecular weight is 271 g/mol. The normalized spacial score (nSPS) is 16.2. The van der Waals surface area contributed by atoms with Crippen molar-refractivity contribution in [1.82, 2.24) is 9.80 Å². The molecule has 9 nitrogen and oxygen atoms in total. The number of hydrogen-bond donors (Lipinski definition) is 3. The van der Waals surface area contributed by atoms with Gasteiger partial charge in [-0.2, -0.15) is 0 Å². The molecule has 0 aromatic carbocycles. The lowest BCUT2D eigenvalue weighted by Crippen LogP contribution is -2.58. The van der Waals surface area contributed by atoms with E-state index >= 15 is 0 Å². The predicted molar refractivity (Wildman–Crippen MR) is 63.9 cm³/mol. The van der Waals surface area contributed by atoms with Crippen LogP contribution >= 0.6 is 0 Å². The van der Waals surface area contributed by atoms with Gasteiger partial charge in [0.1, 0.15) is 0 Å². The number of rotatable bonds is 4. The molecule has 6 N–H and O–H groups in total. The van der Waals surface area contributed by atoms with Crippen LogP contribution in [0.5, 0.6) is 0 Å². The van der Waals surface area contributed by atoms with Gasteiger partial charge >= 0.3 is 11.8 Å². The van der Waals surface area contributed by atoms with Crippen LogP contribution in [-0.4, -0.2) is 59.2 Å². The van der Waals surface area contributed by atoms with Crippen LogP contribution in [0.1, 0.15) is 12.8 Å². The maximum Gasteiger partial charge on any atom is 0.319 e. The number of carbonyl (C=O) groups excluding carboxylic acids is 4. The van der Waals surface area contributed by atoms with Crippen LogP contribution in [0.3, 0.4) is 0 Å². The molecule has 0 aromatic heterocycles. The first-order valence-corrected chi connectivity index (χ1v) is 5.78. The Bertz CT molecular complexity index is 409. The molecule has 1 aliphatic heterocycles. The zero-order valence-electron chi connectivity index (χ0n) is 10.4. The molecule has 0 atom stereocenters. The minimum Gasteiger partial charge on any atom is -0.322 e. The van der Waals surface area contributed by atoms with Crippen LogP contribution in [0.2, 0.25) is 0 Å². The molecule has 9 heteroatoms. The minimum atomic E-state index is -1.04. The Labute approximate surface area is 109 Å². The van der Waals surface area contributed by atoms with Crippen molar-refractivity contribution in [1.29, 1.82) is 0 Å². The van der Waals surface area contributed by atoms with Crippen LogP contribution in [0.4, 0.5) is 0 Å². The van der Waals surface area contributed by atoms with Crippen molar-refractivity contribution in [3.05, 3.63) is 0 Å². The lowest BCUT2D eigenvalue weighted by atomic mass is 10.2. The molecule has 0 aromatic rings. The average Bonchev–Trinajstić information content (AvgIpc) is 2.38. The summed E-state index contributed by atoms with van der Waals surface area (Å²) in [5.41, 5.74) is 15.7. The molecule has 1 heterocycles. The van der Waals surface area contributed by atoms with Crippen molar-refractivity contribution in [2.24, 2.45) is 17.2 Å². The molecule has 0 unspecified atom stereocenters. The fraction of sp³-hybridized carbons (Fsp3) is 0.600. The first-order valence-electron chi connectivity index (χ1n) is 5.78. The summed E-state index contributed by atoms with van der Waals surface area (Å²) < 4.78 is 0. The Morgan fingerprint density at radius 1 is 1.05 bits per heavy atom.